The van der Waals surface area contributed by atoms with Crippen molar-refractivity contribution in [1.29, 1.82) is 0 Å². The molecule has 0 unspecified atom stereocenters. The fourth-order valence-corrected chi connectivity index (χ4v) is 4.81. The van der Waals surface area contributed by atoms with Gasteiger partial charge in [0.15, 0.2) is 0 Å². The first-order valence-electron chi connectivity index (χ1n) is 11.9. The number of carbonyl (C=O) groups excluding carboxylic acids is 1. The Bertz CT molecular complexity index is 1520. The normalized spacial score (nSPS) is 11.5. The number of amides is 1. The van der Waals surface area contributed by atoms with Crippen LogP contribution >= 0.6 is 0 Å². The lowest BCUT2D eigenvalue weighted by Gasteiger charge is -2.23. The van der Waals surface area contributed by atoms with Crippen molar-refractivity contribution >= 4 is 38.6 Å². The highest BCUT2D eigenvalue weighted by atomic mass is 32.2. The Morgan fingerprint density at radius 2 is 1.65 bits per heavy atom. The second-order valence-corrected chi connectivity index (χ2v) is 10.5. The molecule has 0 spiro atoms. The van der Waals surface area contributed by atoms with Crippen LogP contribution in [0.4, 0.5) is 5.69 Å². The van der Waals surface area contributed by atoms with Gasteiger partial charge < -0.3 is 4.74 Å². The summed E-state index contributed by atoms with van der Waals surface area (Å²) in [5.41, 5.74) is 5.58. The van der Waals surface area contributed by atoms with E-state index in [4.69, 9.17) is 4.74 Å². The number of ether oxygens (including phenoxy) is 1. The number of sulfonamides is 1. The van der Waals surface area contributed by atoms with Crippen LogP contribution in [0.2, 0.25) is 0 Å². The predicted molar refractivity (Wildman–Crippen MR) is 148 cm³/mol. The first-order chi connectivity index (χ1) is 17.8. The first kappa shape index (κ1) is 25.9. The molecule has 190 valence electrons. The number of hydrogen-bond donors (Lipinski definition) is 1. The first-order valence-corrected chi connectivity index (χ1v) is 13.8. The molecule has 0 bridgehead atoms. The maximum atomic E-state index is 12.5. The number of fused-ring (bicyclic) bond motifs is 1. The molecule has 0 aliphatic heterocycles. The largest absolute Gasteiger partial charge is 0.489 e. The van der Waals surface area contributed by atoms with Crippen LogP contribution < -0.4 is 14.5 Å². The van der Waals surface area contributed by atoms with E-state index in [1.807, 2.05) is 55.5 Å². The Labute approximate surface area is 217 Å². The Hall–Kier alpha value is -4.17. The van der Waals surface area contributed by atoms with Crippen molar-refractivity contribution in [3.05, 3.63) is 108 Å². The lowest BCUT2D eigenvalue weighted by Crippen LogP contribution is -2.39. The number of nitrogens with one attached hydrogen (secondary N) is 1. The van der Waals surface area contributed by atoms with Gasteiger partial charge in [-0.1, -0.05) is 61.5 Å². The van der Waals surface area contributed by atoms with Crippen molar-refractivity contribution < 1.29 is 17.9 Å². The summed E-state index contributed by atoms with van der Waals surface area (Å²) >= 11 is 0. The molecule has 4 rings (SSSR count). The van der Waals surface area contributed by atoms with Crippen molar-refractivity contribution in [2.45, 2.75) is 20.0 Å². The molecule has 1 amide bonds. The molecular formula is C29H29N3O4S. The van der Waals surface area contributed by atoms with Gasteiger partial charge in [0.2, 0.25) is 10.0 Å². The van der Waals surface area contributed by atoms with E-state index in [1.54, 1.807) is 12.1 Å². The van der Waals surface area contributed by atoms with Gasteiger partial charge in [-0.05, 0) is 70.3 Å². The van der Waals surface area contributed by atoms with E-state index in [0.717, 1.165) is 27.3 Å². The van der Waals surface area contributed by atoms with Crippen LogP contribution in [0, 0.1) is 0 Å². The summed E-state index contributed by atoms with van der Waals surface area (Å²) in [6.07, 6.45) is 3.22. The summed E-state index contributed by atoms with van der Waals surface area (Å²) in [5, 5.41) is 6.34. The Morgan fingerprint density at radius 1 is 0.946 bits per heavy atom. The summed E-state index contributed by atoms with van der Waals surface area (Å²) in [4.78, 5) is 12.5. The fraction of sp³-hybridized carbons (Fsp3) is 0.172. The van der Waals surface area contributed by atoms with Gasteiger partial charge in [0.25, 0.3) is 5.91 Å². The fourth-order valence-electron chi connectivity index (χ4n) is 3.92. The third-order valence-electron chi connectivity index (χ3n) is 5.83. The molecule has 0 fully saturated rings. The third-order valence-corrected chi connectivity index (χ3v) is 6.96. The number of hydrazone groups is 1. The highest BCUT2D eigenvalue weighted by molar-refractivity contribution is 7.92. The van der Waals surface area contributed by atoms with E-state index in [1.165, 1.54) is 17.0 Å². The van der Waals surface area contributed by atoms with Gasteiger partial charge in [-0.2, -0.15) is 5.10 Å². The van der Waals surface area contributed by atoms with Gasteiger partial charge in [0, 0.05) is 0 Å². The summed E-state index contributed by atoms with van der Waals surface area (Å²) in [7, 11) is -3.66. The SMILES string of the molecule is CCc1ccccc1N(CC(=O)N/N=C\c1ccc(OCc2ccc3ccccc3c2)cc1)S(C)(=O)=O. The van der Waals surface area contributed by atoms with Crippen LogP contribution in [0.15, 0.2) is 96.1 Å². The van der Waals surface area contributed by atoms with E-state index in [2.05, 4.69) is 40.9 Å². The molecule has 37 heavy (non-hydrogen) atoms. The molecule has 8 heteroatoms. The molecule has 0 atom stereocenters. The smallest absolute Gasteiger partial charge is 0.260 e. The van der Waals surface area contributed by atoms with Crippen molar-refractivity contribution in [2.24, 2.45) is 5.10 Å². The Balaban J connectivity index is 1.32. The Kier molecular flexibility index (Phi) is 8.20. The molecule has 0 radical (unpaired) electrons. The minimum atomic E-state index is -3.66. The molecule has 0 aromatic heterocycles. The summed E-state index contributed by atoms with van der Waals surface area (Å²) < 4.78 is 31.7. The Morgan fingerprint density at radius 3 is 2.38 bits per heavy atom. The zero-order valence-corrected chi connectivity index (χ0v) is 21.6. The van der Waals surface area contributed by atoms with Crippen LogP contribution in [0.25, 0.3) is 10.8 Å². The van der Waals surface area contributed by atoms with Crippen LogP contribution in [0.3, 0.4) is 0 Å². The molecule has 0 aliphatic carbocycles. The molecule has 0 saturated heterocycles. The molecule has 0 heterocycles. The third kappa shape index (κ3) is 6.95. The number of para-hydroxylation sites is 1. The van der Waals surface area contributed by atoms with Crippen LogP contribution in [0.1, 0.15) is 23.6 Å². The number of benzene rings is 4. The van der Waals surface area contributed by atoms with Crippen molar-refractivity contribution in [3.8, 4) is 5.75 Å². The molecule has 0 aliphatic rings. The number of hydrogen-bond acceptors (Lipinski definition) is 5. The minimum absolute atomic E-state index is 0.366. The average Bonchev–Trinajstić information content (AvgIpc) is 2.90. The zero-order chi connectivity index (χ0) is 26.3. The van der Waals surface area contributed by atoms with Crippen molar-refractivity contribution in [1.82, 2.24) is 5.43 Å². The van der Waals surface area contributed by atoms with E-state index >= 15 is 0 Å². The van der Waals surface area contributed by atoms with Crippen molar-refractivity contribution in [3.63, 3.8) is 0 Å². The summed E-state index contributed by atoms with van der Waals surface area (Å²) in [6.45, 7) is 2.02. The lowest BCUT2D eigenvalue weighted by atomic mass is 10.1. The quantitative estimate of drug-likeness (QED) is 0.240. The average molecular weight is 516 g/mol. The maximum absolute atomic E-state index is 12.5. The second-order valence-electron chi connectivity index (χ2n) is 8.58. The number of nitrogens with zero attached hydrogens (tertiary/aromatic N) is 2. The molecule has 7 nitrogen and oxygen atoms in total. The predicted octanol–water partition coefficient (Wildman–Crippen LogP) is 4.90. The van der Waals surface area contributed by atoms with Crippen LogP contribution in [0.5, 0.6) is 5.75 Å². The summed E-state index contributed by atoms with van der Waals surface area (Å²) in [5.74, 6) is 0.177. The number of rotatable bonds is 10. The van der Waals surface area contributed by atoms with Gasteiger partial charge in [-0.15, -0.1) is 0 Å². The van der Waals surface area contributed by atoms with Gasteiger partial charge in [0.05, 0.1) is 18.2 Å². The van der Waals surface area contributed by atoms with Gasteiger partial charge in [0.1, 0.15) is 18.9 Å². The van der Waals surface area contributed by atoms with Crippen LogP contribution in [-0.2, 0) is 27.8 Å². The topological polar surface area (TPSA) is 88.1 Å². The molecular weight excluding hydrogens is 486 g/mol. The molecule has 0 saturated carbocycles. The monoisotopic (exact) mass is 515 g/mol. The standard InChI is InChI=1S/C29H29N3O4S/c1-3-24-8-6-7-11-28(24)32(37(2,34)35)20-29(33)31-30-19-22-13-16-27(17-14-22)36-21-23-12-15-25-9-4-5-10-26(25)18-23/h4-19H,3,20-21H2,1-2H3,(H,31,33)/b30-19-. The molecule has 1 N–H and O–H groups in total. The summed E-state index contributed by atoms with van der Waals surface area (Å²) in [6, 6.07) is 28.9. The van der Waals surface area contributed by atoms with E-state index in [-0.39, 0.29) is 6.54 Å². The highest BCUT2D eigenvalue weighted by Crippen LogP contribution is 2.23. The number of aryl methyl sites for hydroxylation is 1. The minimum Gasteiger partial charge on any atom is -0.489 e. The van der Waals surface area contributed by atoms with E-state index in [9.17, 15) is 13.2 Å². The lowest BCUT2D eigenvalue weighted by molar-refractivity contribution is -0.119. The zero-order valence-electron chi connectivity index (χ0n) is 20.8. The molecule has 4 aromatic rings. The second kappa shape index (κ2) is 11.7. The van der Waals surface area contributed by atoms with Gasteiger partial charge in [-0.25, -0.2) is 13.8 Å². The number of anilines is 1. The van der Waals surface area contributed by atoms with Gasteiger partial charge in [-0.3, -0.25) is 9.10 Å². The maximum Gasteiger partial charge on any atom is 0.260 e. The number of carbonyl (C=O) groups is 1. The van der Waals surface area contributed by atoms with E-state index < -0.39 is 15.9 Å². The van der Waals surface area contributed by atoms with Crippen molar-refractivity contribution in [2.75, 3.05) is 17.1 Å². The van der Waals surface area contributed by atoms with Crippen LogP contribution in [-0.4, -0.2) is 33.3 Å². The van der Waals surface area contributed by atoms with Gasteiger partial charge >= 0.3 is 0 Å². The highest BCUT2D eigenvalue weighted by Gasteiger charge is 2.22. The molecule has 4 aromatic carbocycles. The van der Waals surface area contributed by atoms with E-state index in [0.29, 0.717) is 24.5 Å².